The zero-order chi connectivity index (χ0) is 15.8. The minimum atomic E-state index is -4.76. The maximum Gasteiger partial charge on any atom is 0.469 e. The van der Waals surface area contributed by atoms with E-state index in [4.69, 9.17) is 14.5 Å². The van der Waals surface area contributed by atoms with Gasteiger partial charge in [-0.15, -0.1) is 0 Å². The lowest BCUT2D eigenvalue weighted by Gasteiger charge is -2.16. The van der Waals surface area contributed by atoms with Crippen molar-refractivity contribution in [2.24, 2.45) is 0 Å². The number of hydrogen-bond donors (Lipinski definition) is 5. The molecule has 5 N–H and O–H groups in total. The van der Waals surface area contributed by atoms with E-state index in [1.807, 2.05) is 4.98 Å². The molecule has 4 unspecified atom stereocenters. The molecule has 1 saturated heterocycles. The van der Waals surface area contributed by atoms with Crippen LogP contribution in [0.15, 0.2) is 21.9 Å². The Morgan fingerprint density at radius 3 is 2.57 bits per heavy atom. The topological polar surface area (TPSA) is 171 Å². The first-order chi connectivity index (χ1) is 9.69. The summed E-state index contributed by atoms with van der Waals surface area (Å²) >= 11 is 0. The van der Waals surface area contributed by atoms with Crippen LogP contribution in [0.4, 0.5) is 0 Å². The van der Waals surface area contributed by atoms with Crippen LogP contribution in [0, 0.1) is 0 Å². The van der Waals surface area contributed by atoms with Crippen LogP contribution in [0.1, 0.15) is 6.23 Å². The molecule has 0 aromatic carbocycles. The summed E-state index contributed by atoms with van der Waals surface area (Å²) in [5.41, 5.74) is -1.51. The summed E-state index contributed by atoms with van der Waals surface area (Å²) in [5, 5.41) is 19.6. The van der Waals surface area contributed by atoms with Crippen LogP contribution in [0.3, 0.4) is 0 Å². The Bertz CT molecular complexity index is 664. The zero-order valence-electron chi connectivity index (χ0n) is 10.4. The van der Waals surface area contributed by atoms with Gasteiger partial charge in [0.1, 0.15) is 18.3 Å². The molecule has 2 rings (SSSR count). The third kappa shape index (κ3) is 3.66. The molecule has 1 aliphatic heterocycles. The minimum Gasteiger partial charge on any atom is -0.387 e. The van der Waals surface area contributed by atoms with Gasteiger partial charge in [0.2, 0.25) is 0 Å². The van der Waals surface area contributed by atoms with E-state index in [1.54, 1.807) is 0 Å². The van der Waals surface area contributed by atoms with E-state index in [1.165, 1.54) is 0 Å². The molecule has 0 spiro atoms. The number of phosphoric ester groups is 1. The van der Waals surface area contributed by atoms with Gasteiger partial charge < -0.3 is 24.7 Å². The fraction of sp³-hybridized carbons (Fsp3) is 0.556. The predicted molar refractivity (Wildman–Crippen MR) is 65.2 cm³/mol. The first-order valence-corrected chi connectivity index (χ1v) is 7.25. The Hall–Kier alpha value is -1.33. The minimum absolute atomic E-state index is 0.648. The molecule has 1 aromatic rings. The number of aliphatic hydroxyl groups is 2. The fourth-order valence-electron chi connectivity index (χ4n) is 1.89. The van der Waals surface area contributed by atoms with Crippen LogP contribution in [-0.4, -0.2) is 54.5 Å². The van der Waals surface area contributed by atoms with E-state index in [-0.39, 0.29) is 0 Å². The van der Waals surface area contributed by atoms with Gasteiger partial charge >= 0.3 is 13.5 Å². The van der Waals surface area contributed by atoms with Gasteiger partial charge in [-0.3, -0.25) is 18.9 Å². The molecule has 2 heterocycles. The Labute approximate surface area is 116 Å². The van der Waals surface area contributed by atoms with Crippen LogP contribution < -0.4 is 11.2 Å². The van der Waals surface area contributed by atoms with Crippen molar-refractivity contribution in [3.8, 4) is 0 Å². The van der Waals surface area contributed by atoms with Crippen LogP contribution in [0.2, 0.25) is 0 Å². The summed E-state index contributed by atoms with van der Waals surface area (Å²) in [6.07, 6.45) is -4.58. The summed E-state index contributed by atoms with van der Waals surface area (Å²) in [5.74, 6) is 0. The standard InChI is InChI=1S/C9H13N2O9P/c12-5-1-2-11(9(15)10-5)8-7(14)6(13)4(20-8)3-19-21(16,17)18/h1-2,4,6-8,13-14H,3H2,(H,10,12,15)(H2,16,17,18)/i9+1,10+1,11+1. The van der Waals surface area contributed by atoms with Gasteiger partial charge in [-0.2, -0.15) is 0 Å². The maximum absolute atomic E-state index is 11.6. The van der Waals surface area contributed by atoms with E-state index in [0.717, 1.165) is 16.8 Å². The lowest BCUT2D eigenvalue weighted by atomic mass is 10.1. The van der Waals surface area contributed by atoms with Gasteiger partial charge in [0, 0.05) is 12.3 Å². The second-order valence-corrected chi connectivity index (χ2v) is 5.59. The Morgan fingerprint density at radius 2 is 2.00 bits per heavy atom. The number of aliphatic hydroxyl groups excluding tert-OH is 2. The van der Waals surface area contributed by atoms with Gasteiger partial charge in [0.15, 0.2) is 6.23 Å². The molecule has 0 bridgehead atoms. The Kier molecular flexibility index (Phi) is 4.44. The molecule has 0 saturated carbocycles. The summed E-state index contributed by atoms with van der Waals surface area (Å²) in [7, 11) is -4.76. The van der Waals surface area contributed by atoms with Gasteiger partial charge in [-0.05, 0) is 0 Å². The van der Waals surface area contributed by atoms with Gasteiger partial charge in [-0.25, -0.2) is 9.36 Å². The first-order valence-electron chi connectivity index (χ1n) is 5.72. The SMILES string of the molecule is O=c1cc[15n](C2OC(COP(=O)(O)O)C(O)C2O)[13c](=O)[15nH]1. The molecule has 12 heteroatoms. The number of aromatic amines is 1. The second-order valence-electron chi connectivity index (χ2n) is 4.35. The number of rotatable bonds is 4. The van der Waals surface area contributed by atoms with Gasteiger partial charge in [-0.1, -0.05) is 0 Å². The quantitative estimate of drug-likeness (QED) is 0.368. The van der Waals surface area contributed by atoms with Gasteiger partial charge in [0.25, 0.3) is 5.56 Å². The number of nitrogens with zero attached hydrogens (tertiary/aromatic N) is 1. The molecule has 0 amide bonds. The van der Waals surface area contributed by atoms with Crippen LogP contribution in [0.5, 0.6) is 0 Å². The monoisotopic (exact) mass is 327 g/mol. The molecule has 0 radical (unpaired) electrons. The normalized spacial score (nSPS) is 29.7. The summed E-state index contributed by atoms with van der Waals surface area (Å²) < 4.78 is 20.8. The van der Waals surface area contributed by atoms with Crippen LogP contribution in [0.25, 0.3) is 0 Å². The average Bonchev–Trinajstić information content (AvgIpc) is 2.64. The highest BCUT2D eigenvalue weighted by Gasteiger charge is 2.44. The van der Waals surface area contributed by atoms with E-state index < -0.39 is 50.2 Å². The lowest BCUT2D eigenvalue weighted by Crippen LogP contribution is -2.37. The van der Waals surface area contributed by atoms with E-state index >= 15 is 0 Å². The molecule has 11 nitrogen and oxygen atoms in total. The largest absolute Gasteiger partial charge is 0.469 e. The molecule has 1 aromatic heterocycles. The second kappa shape index (κ2) is 5.81. The molecular formula is C9H13N2O9P. The van der Waals surface area contributed by atoms with E-state index in [2.05, 4.69) is 4.52 Å². The highest BCUT2D eigenvalue weighted by Crippen LogP contribution is 2.38. The maximum atomic E-state index is 11.6. The van der Waals surface area contributed by atoms with Crippen molar-refractivity contribution in [3.63, 3.8) is 0 Å². The van der Waals surface area contributed by atoms with Crippen molar-refractivity contribution in [2.75, 3.05) is 6.61 Å². The molecule has 4 atom stereocenters. The highest BCUT2D eigenvalue weighted by molar-refractivity contribution is 7.46. The van der Waals surface area contributed by atoms with Crippen molar-refractivity contribution < 1.29 is 33.8 Å². The summed E-state index contributed by atoms with van der Waals surface area (Å²) in [4.78, 5) is 41.6. The van der Waals surface area contributed by atoms with Crippen LogP contribution in [-0.2, 0) is 13.8 Å². The fourth-order valence-corrected chi connectivity index (χ4v) is 2.24. The van der Waals surface area contributed by atoms with Crippen LogP contribution >= 0.6 is 7.82 Å². The number of hydrogen-bond acceptors (Lipinski definition) is 7. The summed E-state index contributed by atoms with van der Waals surface area (Å²) in [6, 6.07) is 1.02. The van der Waals surface area contributed by atoms with Crippen molar-refractivity contribution in [3.05, 3.63) is 33.1 Å². The van der Waals surface area contributed by atoms with Crippen molar-refractivity contribution in [2.45, 2.75) is 24.5 Å². The summed E-state index contributed by atoms with van der Waals surface area (Å²) in [6.45, 7) is -0.683. The third-order valence-electron chi connectivity index (χ3n) is 2.87. The number of ether oxygens (including phenoxy) is 1. The number of H-pyrrole nitrogens is 1. The Morgan fingerprint density at radius 1 is 1.33 bits per heavy atom. The molecule has 118 valence electrons. The smallest absolute Gasteiger partial charge is 0.387 e. The molecule has 1 fully saturated rings. The average molecular weight is 327 g/mol. The van der Waals surface area contributed by atoms with Crippen molar-refractivity contribution >= 4 is 7.82 Å². The highest BCUT2D eigenvalue weighted by atomic mass is 31.2. The van der Waals surface area contributed by atoms with E-state index in [0.29, 0.717) is 0 Å². The number of nitrogens with one attached hydrogen (secondary N) is 1. The zero-order valence-corrected chi connectivity index (χ0v) is 11.3. The first kappa shape index (κ1) is 16.0. The third-order valence-corrected chi connectivity index (χ3v) is 3.35. The number of phosphoric acid groups is 1. The molecule has 0 aliphatic carbocycles. The van der Waals surface area contributed by atoms with Crippen molar-refractivity contribution in [1.29, 1.82) is 0 Å². The van der Waals surface area contributed by atoms with Crippen molar-refractivity contribution in [1.82, 2.24) is 9.55 Å². The number of aromatic nitrogens is 2. The lowest BCUT2D eigenvalue weighted by molar-refractivity contribution is -0.0543. The van der Waals surface area contributed by atoms with E-state index in [9.17, 15) is 24.4 Å². The molecule has 1 aliphatic rings. The Balaban J connectivity index is 2.18. The predicted octanol–water partition coefficient (Wildman–Crippen LogP) is -2.73. The molecule has 21 heavy (non-hydrogen) atoms. The molecular weight excluding hydrogens is 314 g/mol. The van der Waals surface area contributed by atoms with Gasteiger partial charge in [0.05, 0.1) is 6.61 Å².